The van der Waals surface area contributed by atoms with Crippen molar-refractivity contribution in [3.63, 3.8) is 0 Å². The zero-order valence-corrected chi connectivity index (χ0v) is 14.7. The smallest absolute Gasteiger partial charge is 0.297 e. The lowest BCUT2D eigenvalue weighted by atomic mass is 10.3. The van der Waals surface area contributed by atoms with Crippen molar-refractivity contribution >= 4 is 39.1 Å². The molecule has 0 radical (unpaired) electrons. The van der Waals surface area contributed by atoms with Gasteiger partial charge in [-0.3, -0.25) is 4.79 Å². The summed E-state index contributed by atoms with van der Waals surface area (Å²) in [6, 6.07) is 12.2. The number of aromatic nitrogens is 4. The Balaban J connectivity index is 1.76. The molecule has 0 saturated heterocycles. The van der Waals surface area contributed by atoms with Crippen LogP contribution >= 0.6 is 27.5 Å². The maximum Gasteiger partial charge on any atom is 0.297 e. The number of ether oxygens (including phenoxy) is 1. The van der Waals surface area contributed by atoms with Crippen LogP contribution < -0.4 is 10.1 Å². The van der Waals surface area contributed by atoms with E-state index >= 15 is 0 Å². The Morgan fingerprint density at radius 1 is 1.25 bits per heavy atom. The Bertz CT molecular complexity index is 882. The lowest BCUT2D eigenvalue weighted by molar-refractivity contribution is 0.101. The molecule has 1 amide bonds. The lowest BCUT2D eigenvalue weighted by Crippen LogP contribution is -2.14. The summed E-state index contributed by atoms with van der Waals surface area (Å²) >= 11 is 9.38. The number of halogens is 2. The minimum absolute atomic E-state index is 0.0511. The summed E-state index contributed by atoms with van der Waals surface area (Å²) in [5.74, 6) is -0.0153. The lowest BCUT2D eigenvalue weighted by Gasteiger charge is -2.06. The summed E-state index contributed by atoms with van der Waals surface area (Å²) in [4.78, 5) is 13.5. The zero-order valence-electron chi connectivity index (χ0n) is 12.4. The molecule has 9 heteroatoms. The molecular weight excluding hydrogens is 398 g/mol. The highest BCUT2D eigenvalue weighted by atomic mass is 79.9. The number of hydrogen-bond acceptors (Lipinski definition) is 5. The van der Waals surface area contributed by atoms with Gasteiger partial charge < -0.3 is 10.1 Å². The highest BCUT2D eigenvalue weighted by molar-refractivity contribution is 9.10. The maximum absolute atomic E-state index is 12.2. The number of methoxy groups -OCH3 is 1. The van der Waals surface area contributed by atoms with E-state index in [2.05, 4.69) is 36.7 Å². The van der Waals surface area contributed by atoms with Crippen LogP contribution in [0.1, 0.15) is 10.6 Å². The second-order valence-corrected chi connectivity index (χ2v) is 6.01. The maximum atomic E-state index is 12.2. The molecule has 1 aromatic heterocycles. The summed E-state index contributed by atoms with van der Waals surface area (Å²) in [6.45, 7) is 0. The average molecular weight is 409 g/mol. The number of nitrogens with one attached hydrogen (secondary N) is 1. The predicted octanol–water partition coefficient (Wildman–Crippen LogP) is 3.34. The van der Waals surface area contributed by atoms with Crippen LogP contribution in [0.3, 0.4) is 0 Å². The molecule has 1 N–H and O–H groups in total. The predicted molar refractivity (Wildman–Crippen MR) is 92.8 cm³/mol. The van der Waals surface area contributed by atoms with E-state index < -0.39 is 5.91 Å². The van der Waals surface area contributed by atoms with Gasteiger partial charge in [-0.05, 0) is 47.7 Å². The number of carbonyl (C=O) groups excluding carboxylic acids is 1. The fourth-order valence-electron chi connectivity index (χ4n) is 1.92. The molecule has 0 fully saturated rings. The third-order valence-corrected chi connectivity index (χ3v) is 3.91. The standard InChI is InChI=1S/C15H11BrClN5O2/c1-24-13-7-4-10(8-12(13)17)18-15(23)14-19-21-22(20-14)11-5-2-9(16)3-6-11/h2-8H,1H3,(H,18,23). The van der Waals surface area contributed by atoms with Gasteiger partial charge in [-0.25, -0.2) is 0 Å². The zero-order chi connectivity index (χ0) is 17.1. The second kappa shape index (κ2) is 6.98. The number of carbonyl (C=O) groups is 1. The molecule has 0 saturated carbocycles. The van der Waals surface area contributed by atoms with Crippen molar-refractivity contribution in [2.24, 2.45) is 0 Å². The molecule has 0 aliphatic heterocycles. The van der Waals surface area contributed by atoms with Gasteiger partial charge in [0.15, 0.2) is 0 Å². The number of rotatable bonds is 4. The molecule has 0 bridgehead atoms. The van der Waals surface area contributed by atoms with Crippen molar-refractivity contribution in [1.29, 1.82) is 0 Å². The van der Waals surface area contributed by atoms with Crippen molar-refractivity contribution in [1.82, 2.24) is 20.2 Å². The van der Waals surface area contributed by atoms with Crippen LogP contribution in [0.2, 0.25) is 5.02 Å². The fraction of sp³-hybridized carbons (Fsp3) is 0.0667. The highest BCUT2D eigenvalue weighted by Gasteiger charge is 2.14. The molecule has 3 aromatic rings. The van der Waals surface area contributed by atoms with Gasteiger partial charge >= 0.3 is 0 Å². The summed E-state index contributed by atoms with van der Waals surface area (Å²) in [7, 11) is 1.52. The molecule has 0 atom stereocenters. The van der Waals surface area contributed by atoms with Crippen LogP contribution in [0.25, 0.3) is 5.69 Å². The van der Waals surface area contributed by atoms with Gasteiger partial charge in [-0.1, -0.05) is 27.5 Å². The van der Waals surface area contributed by atoms with Crippen molar-refractivity contribution in [2.45, 2.75) is 0 Å². The molecule has 1 heterocycles. The molecule has 7 nitrogen and oxygen atoms in total. The van der Waals surface area contributed by atoms with E-state index in [9.17, 15) is 4.79 Å². The molecule has 0 aliphatic carbocycles. The molecule has 122 valence electrons. The van der Waals surface area contributed by atoms with Crippen LogP contribution in [0.15, 0.2) is 46.9 Å². The monoisotopic (exact) mass is 407 g/mol. The molecular formula is C15H11BrClN5O2. The van der Waals surface area contributed by atoms with Crippen molar-refractivity contribution in [3.8, 4) is 11.4 Å². The molecule has 24 heavy (non-hydrogen) atoms. The van der Waals surface area contributed by atoms with Gasteiger partial charge in [0, 0.05) is 10.2 Å². The van der Waals surface area contributed by atoms with Gasteiger partial charge in [0.25, 0.3) is 11.7 Å². The molecule has 0 spiro atoms. The number of amides is 1. The quantitative estimate of drug-likeness (QED) is 0.716. The van der Waals surface area contributed by atoms with Gasteiger partial charge in [0.2, 0.25) is 0 Å². The van der Waals surface area contributed by atoms with Gasteiger partial charge in [0.1, 0.15) is 5.75 Å². The first kappa shape index (κ1) is 16.4. The molecule has 3 rings (SSSR count). The first-order valence-corrected chi connectivity index (χ1v) is 7.95. The SMILES string of the molecule is COc1ccc(NC(=O)c2nnn(-c3ccc(Br)cc3)n2)cc1Cl. The fourth-order valence-corrected chi connectivity index (χ4v) is 2.44. The first-order valence-electron chi connectivity index (χ1n) is 6.77. The number of anilines is 1. The van der Waals surface area contributed by atoms with Crippen molar-refractivity contribution < 1.29 is 9.53 Å². The summed E-state index contributed by atoms with van der Waals surface area (Å²) in [6.07, 6.45) is 0. The van der Waals surface area contributed by atoms with Crippen LogP contribution in [-0.2, 0) is 0 Å². The Hall–Kier alpha value is -2.45. The van der Waals surface area contributed by atoms with E-state index in [4.69, 9.17) is 16.3 Å². The summed E-state index contributed by atoms with van der Waals surface area (Å²) in [5.41, 5.74) is 1.20. The largest absolute Gasteiger partial charge is 0.495 e. The van der Waals surface area contributed by atoms with Crippen LogP contribution in [0, 0.1) is 0 Å². The number of nitrogens with zero attached hydrogens (tertiary/aromatic N) is 4. The Morgan fingerprint density at radius 3 is 2.67 bits per heavy atom. The average Bonchev–Trinajstić information content (AvgIpc) is 3.06. The normalized spacial score (nSPS) is 10.5. The van der Waals surface area contributed by atoms with E-state index in [1.807, 2.05) is 12.1 Å². The van der Waals surface area contributed by atoms with E-state index in [0.717, 1.165) is 4.47 Å². The third kappa shape index (κ3) is 3.55. The van der Waals surface area contributed by atoms with Gasteiger partial charge in [-0.2, -0.15) is 0 Å². The van der Waals surface area contributed by atoms with Crippen LogP contribution in [-0.4, -0.2) is 33.2 Å². The van der Waals surface area contributed by atoms with E-state index in [0.29, 0.717) is 22.1 Å². The van der Waals surface area contributed by atoms with Crippen LogP contribution in [0.4, 0.5) is 5.69 Å². The minimum Gasteiger partial charge on any atom is -0.495 e. The van der Waals surface area contributed by atoms with Gasteiger partial charge in [-0.15, -0.1) is 15.0 Å². The number of hydrogen-bond donors (Lipinski definition) is 1. The Labute approximate surface area is 150 Å². The van der Waals surface area contributed by atoms with Gasteiger partial charge in [0.05, 0.1) is 17.8 Å². The molecule has 2 aromatic carbocycles. The topological polar surface area (TPSA) is 81.9 Å². The number of benzene rings is 2. The number of tetrazole rings is 1. The highest BCUT2D eigenvalue weighted by Crippen LogP contribution is 2.27. The third-order valence-electron chi connectivity index (χ3n) is 3.08. The van der Waals surface area contributed by atoms with Crippen LogP contribution in [0.5, 0.6) is 5.75 Å². The molecule has 0 aliphatic rings. The Morgan fingerprint density at radius 2 is 2.00 bits per heavy atom. The second-order valence-electron chi connectivity index (χ2n) is 4.68. The summed E-state index contributed by atoms with van der Waals surface area (Å²) < 4.78 is 6.00. The van der Waals surface area contributed by atoms with E-state index in [-0.39, 0.29) is 5.82 Å². The first-order chi connectivity index (χ1) is 11.6. The minimum atomic E-state index is -0.486. The summed E-state index contributed by atoms with van der Waals surface area (Å²) in [5, 5.41) is 14.8. The van der Waals surface area contributed by atoms with Crippen molar-refractivity contribution in [3.05, 3.63) is 57.8 Å². The van der Waals surface area contributed by atoms with Crippen molar-refractivity contribution in [2.75, 3.05) is 12.4 Å². The Kier molecular flexibility index (Phi) is 4.77. The van der Waals surface area contributed by atoms with E-state index in [1.54, 1.807) is 30.3 Å². The van der Waals surface area contributed by atoms with E-state index in [1.165, 1.54) is 11.9 Å². The molecule has 0 unspecified atom stereocenters.